The van der Waals surface area contributed by atoms with Crippen molar-refractivity contribution >= 4 is 17.4 Å². The van der Waals surface area contributed by atoms with Crippen LogP contribution in [0.25, 0.3) is 5.69 Å². The minimum atomic E-state index is -0.459. The van der Waals surface area contributed by atoms with Crippen molar-refractivity contribution < 1.29 is 9.18 Å². The number of Topliss-reactive ketones (excluding diaryl/α,β-unsaturated/α-hetero) is 1. The summed E-state index contributed by atoms with van der Waals surface area (Å²) in [6.45, 7) is 3.62. The summed E-state index contributed by atoms with van der Waals surface area (Å²) in [6.07, 6.45) is 0.865. The maximum absolute atomic E-state index is 13.8. The van der Waals surface area contributed by atoms with E-state index in [4.69, 9.17) is 11.6 Å². The Balaban J connectivity index is 2.60. The third-order valence-corrected chi connectivity index (χ3v) is 3.05. The van der Waals surface area contributed by atoms with E-state index in [9.17, 15) is 9.18 Å². The van der Waals surface area contributed by atoms with E-state index in [0.717, 1.165) is 0 Å². The second-order valence-electron chi connectivity index (χ2n) is 4.02. The van der Waals surface area contributed by atoms with Crippen LogP contribution in [-0.2, 0) is 6.42 Å². The van der Waals surface area contributed by atoms with Gasteiger partial charge >= 0.3 is 0 Å². The summed E-state index contributed by atoms with van der Waals surface area (Å²) in [4.78, 5) is 11.8. The zero-order valence-corrected chi connectivity index (χ0v) is 11.4. The number of halogens is 2. The predicted octanol–water partition coefficient (Wildman–Crippen LogP) is 3.21. The fraction of sp³-hybridized carbons (Fsp3) is 0.308. The number of rotatable bonds is 4. The molecule has 0 saturated heterocycles. The van der Waals surface area contributed by atoms with Crippen LogP contribution in [0.15, 0.2) is 18.2 Å². The van der Waals surface area contributed by atoms with Crippen molar-refractivity contribution in [2.75, 3.05) is 0 Å². The average Bonchev–Trinajstić information content (AvgIpc) is 2.84. The highest BCUT2D eigenvalue weighted by Crippen LogP contribution is 2.21. The maximum atomic E-state index is 13.8. The second-order valence-corrected chi connectivity index (χ2v) is 4.46. The molecule has 0 fully saturated rings. The van der Waals surface area contributed by atoms with E-state index in [2.05, 4.69) is 10.3 Å². The summed E-state index contributed by atoms with van der Waals surface area (Å²) < 4.78 is 15.2. The van der Waals surface area contributed by atoms with Gasteiger partial charge in [-0.2, -0.15) is 0 Å². The molecule has 0 radical (unpaired) electrons. The Morgan fingerprint density at radius 3 is 2.79 bits per heavy atom. The van der Waals surface area contributed by atoms with Crippen molar-refractivity contribution in [1.82, 2.24) is 15.0 Å². The van der Waals surface area contributed by atoms with E-state index in [1.165, 1.54) is 22.9 Å². The summed E-state index contributed by atoms with van der Waals surface area (Å²) in [6, 6.07) is 4.19. The van der Waals surface area contributed by atoms with Gasteiger partial charge in [-0.05, 0) is 24.6 Å². The Hall–Kier alpha value is -1.75. The molecule has 1 heterocycles. The molecule has 0 aliphatic rings. The molecule has 0 aliphatic carbocycles. The van der Waals surface area contributed by atoms with Crippen LogP contribution >= 0.6 is 11.6 Å². The molecule has 1 aromatic carbocycles. The first kappa shape index (κ1) is 13.7. The highest BCUT2D eigenvalue weighted by atomic mass is 35.5. The molecule has 19 heavy (non-hydrogen) atoms. The summed E-state index contributed by atoms with van der Waals surface area (Å²) in [7, 11) is 0. The number of benzene rings is 1. The number of hydrogen-bond donors (Lipinski definition) is 0. The third-order valence-electron chi connectivity index (χ3n) is 2.82. The second kappa shape index (κ2) is 5.48. The third kappa shape index (κ3) is 2.51. The van der Waals surface area contributed by atoms with E-state index in [1.807, 2.05) is 6.92 Å². The molecule has 0 aliphatic heterocycles. The molecule has 6 heteroatoms. The zero-order chi connectivity index (χ0) is 14.0. The Kier molecular flexibility index (Phi) is 3.95. The Morgan fingerprint density at radius 2 is 2.16 bits per heavy atom. The minimum Gasteiger partial charge on any atom is -0.292 e. The fourth-order valence-corrected chi connectivity index (χ4v) is 2.01. The SMILES string of the molecule is CCC(=O)c1nnn(-c2cc(Cl)ccc2F)c1CC. The molecule has 0 spiro atoms. The number of hydrogen-bond acceptors (Lipinski definition) is 3. The molecular formula is C13H13ClFN3O. The summed E-state index contributed by atoms with van der Waals surface area (Å²) in [5.41, 5.74) is 1.09. The van der Waals surface area contributed by atoms with Gasteiger partial charge in [0.25, 0.3) is 0 Å². The van der Waals surface area contributed by atoms with Crippen LogP contribution in [0.3, 0.4) is 0 Å². The van der Waals surface area contributed by atoms with Crippen LogP contribution in [0.5, 0.6) is 0 Å². The molecule has 0 bridgehead atoms. The Labute approximate surface area is 115 Å². The van der Waals surface area contributed by atoms with Gasteiger partial charge in [-0.15, -0.1) is 5.10 Å². The van der Waals surface area contributed by atoms with Crippen LogP contribution in [0.4, 0.5) is 4.39 Å². The molecule has 2 aromatic rings. The molecule has 0 amide bonds. The van der Waals surface area contributed by atoms with E-state index in [1.54, 1.807) is 6.92 Å². The van der Waals surface area contributed by atoms with Crippen molar-refractivity contribution in [2.45, 2.75) is 26.7 Å². The number of nitrogens with zero attached hydrogens (tertiary/aromatic N) is 3. The van der Waals surface area contributed by atoms with Crippen molar-refractivity contribution in [1.29, 1.82) is 0 Å². The van der Waals surface area contributed by atoms with Crippen LogP contribution in [-0.4, -0.2) is 20.8 Å². The van der Waals surface area contributed by atoms with Crippen LogP contribution in [0, 0.1) is 5.82 Å². The van der Waals surface area contributed by atoms with Gasteiger partial charge in [0.2, 0.25) is 0 Å². The zero-order valence-electron chi connectivity index (χ0n) is 10.7. The van der Waals surface area contributed by atoms with Crippen LogP contribution in [0.1, 0.15) is 36.5 Å². The van der Waals surface area contributed by atoms with Crippen molar-refractivity contribution in [3.8, 4) is 5.69 Å². The van der Waals surface area contributed by atoms with Crippen molar-refractivity contribution in [2.24, 2.45) is 0 Å². The normalized spacial score (nSPS) is 10.7. The summed E-state index contributed by atoms with van der Waals surface area (Å²) >= 11 is 5.86. The highest BCUT2D eigenvalue weighted by molar-refractivity contribution is 6.30. The van der Waals surface area contributed by atoms with Gasteiger partial charge in [0.15, 0.2) is 11.5 Å². The lowest BCUT2D eigenvalue weighted by molar-refractivity contribution is 0.0982. The van der Waals surface area contributed by atoms with E-state index in [-0.39, 0.29) is 11.5 Å². The highest BCUT2D eigenvalue weighted by Gasteiger charge is 2.19. The molecular weight excluding hydrogens is 269 g/mol. The predicted molar refractivity (Wildman–Crippen MR) is 70.3 cm³/mol. The molecule has 100 valence electrons. The molecule has 4 nitrogen and oxygen atoms in total. The first-order valence-electron chi connectivity index (χ1n) is 6.01. The van der Waals surface area contributed by atoms with Gasteiger partial charge in [-0.1, -0.05) is 30.7 Å². The lowest BCUT2D eigenvalue weighted by atomic mass is 10.1. The number of carbonyl (C=O) groups is 1. The summed E-state index contributed by atoms with van der Waals surface area (Å²) in [5, 5.41) is 8.13. The van der Waals surface area contributed by atoms with Gasteiger partial charge < -0.3 is 0 Å². The average molecular weight is 282 g/mol. The van der Waals surface area contributed by atoms with Gasteiger partial charge in [-0.3, -0.25) is 4.79 Å². The molecule has 0 saturated carbocycles. The lowest BCUT2D eigenvalue weighted by Gasteiger charge is -2.07. The number of carbonyl (C=O) groups excluding carboxylic acids is 1. The lowest BCUT2D eigenvalue weighted by Crippen LogP contribution is -2.07. The molecule has 2 rings (SSSR count). The minimum absolute atomic E-state index is 0.106. The molecule has 0 atom stereocenters. The van der Waals surface area contributed by atoms with Gasteiger partial charge in [0, 0.05) is 11.4 Å². The first-order chi connectivity index (χ1) is 9.08. The maximum Gasteiger partial charge on any atom is 0.184 e. The topological polar surface area (TPSA) is 47.8 Å². The molecule has 1 aromatic heterocycles. The van der Waals surface area contributed by atoms with Gasteiger partial charge in [0.1, 0.15) is 11.5 Å². The number of ketones is 1. The quantitative estimate of drug-likeness (QED) is 0.809. The first-order valence-corrected chi connectivity index (χ1v) is 6.39. The van der Waals surface area contributed by atoms with E-state index < -0.39 is 5.82 Å². The van der Waals surface area contributed by atoms with Crippen LogP contribution in [0.2, 0.25) is 5.02 Å². The van der Waals surface area contributed by atoms with Crippen LogP contribution < -0.4 is 0 Å². The molecule has 0 unspecified atom stereocenters. The largest absolute Gasteiger partial charge is 0.292 e. The standard InChI is InChI=1S/C13H13ClFN3O/c1-3-10-13(12(19)4-2)16-17-18(10)11-7-8(14)5-6-9(11)15/h5-7H,3-4H2,1-2H3. The fourth-order valence-electron chi connectivity index (χ4n) is 1.84. The Morgan fingerprint density at radius 1 is 1.42 bits per heavy atom. The Bertz CT molecular complexity index is 624. The summed E-state index contributed by atoms with van der Waals surface area (Å²) in [5.74, 6) is -0.565. The smallest absolute Gasteiger partial charge is 0.184 e. The van der Waals surface area contributed by atoms with E-state index in [0.29, 0.717) is 29.3 Å². The van der Waals surface area contributed by atoms with Crippen molar-refractivity contribution in [3.63, 3.8) is 0 Å². The van der Waals surface area contributed by atoms with E-state index >= 15 is 0 Å². The van der Waals surface area contributed by atoms with Gasteiger partial charge in [-0.25, -0.2) is 9.07 Å². The monoisotopic (exact) mass is 281 g/mol. The van der Waals surface area contributed by atoms with Gasteiger partial charge in [0.05, 0.1) is 5.69 Å². The number of aromatic nitrogens is 3. The molecule has 0 N–H and O–H groups in total. The van der Waals surface area contributed by atoms with Crippen molar-refractivity contribution in [3.05, 3.63) is 40.4 Å².